The normalized spacial score (nSPS) is 32.9. The van der Waals surface area contributed by atoms with Crippen LogP contribution in [0.4, 0.5) is 17.6 Å². The lowest BCUT2D eigenvalue weighted by atomic mass is 9.88. The van der Waals surface area contributed by atoms with E-state index in [2.05, 4.69) is 12.2 Å². The molecular formula is C12H16F4. The van der Waals surface area contributed by atoms with Gasteiger partial charge in [-0.25, -0.2) is 17.6 Å². The van der Waals surface area contributed by atoms with E-state index in [1.165, 1.54) is 0 Å². The molecule has 0 nitrogen and oxygen atoms in total. The number of alkyl halides is 4. The number of fused-ring (bicyclic) bond motifs is 2. The molecule has 0 aromatic heterocycles. The average molecular weight is 236 g/mol. The molecule has 1 fully saturated rings. The summed E-state index contributed by atoms with van der Waals surface area (Å²) < 4.78 is 49.1. The van der Waals surface area contributed by atoms with Crippen molar-refractivity contribution in [1.82, 2.24) is 0 Å². The van der Waals surface area contributed by atoms with Crippen molar-refractivity contribution < 1.29 is 17.6 Å². The fourth-order valence-corrected chi connectivity index (χ4v) is 2.94. The molecule has 92 valence electrons. The van der Waals surface area contributed by atoms with Crippen LogP contribution in [-0.2, 0) is 0 Å². The number of allylic oxidation sites excluding steroid dienone is 2. The first kappa shape index (κ1) is 11.9. The Morgan fingerprint density at radius 3 is 2.44 bits per heavy atom. The summed E-state index contributed by atoms with van der Waals surface area (Å²) in [5.41, 5.74) is 0. The molecule has 0 aromatic carbocycles. The van der Waals surface area contributed by atoms with Gasteiger partial charge in [0, 0.05) is 6.42 Å². The van der Waals surface area contributed by atoms with Crippen molar-refractivity contribution in [2.24, 2.45) is 17.8 Å². The molecule has 0 spiro atoms. The van der Waals surface area contributed by atoms with Crippen molar-refractivity contribution in [2.75, 3.05) is 0 Å². The van der Waals surface area contributed by atoms with Crippen molar-refractivity contribution in [3.05, 3.63) is 12.2 Å². The van der Waals surface area contributed by atoms with Crippen LogP contribution >= 0.6 is 0 Å². The minimum Gasteiger partial charge on any atom is -0.204 e. The predicted molar refractivity (Wildman–Crippen MR) is 53.6 cm³/mol. The van der Waals surface area contributed by atoms with Crippen molar-refractivity contribution in [3.8, 4) is 0 Å². The smallest absolute Gasteiger partial charge is 0.204 e. The summed E-state index contributed by atoms with van der Waals surface area (Å²) >= 11 is 0. The molecule has 2 aliphatic rings. The summed E-state index contributed by atoms with van der Waals surface area (Å²) in [4.78, 5) is 0. The highest BCUT2D eigenvalue weighted by atomic mass is 19.3. The van der Waals surface area contributed by atoms with Gasteiger partial charge in [-0.3, -0.25) is 0 Å². The van der Waals surface area contributed by atoms with Crippen LogP contribution in [0.25, 0.3) is 0 Å². The van der Waals surface area contributed by atoms with Gasteiger partial charge in [0.2, 0.25) is 0 Å². The molecular weight excluding hydrogens is 220 g/mol. The topological polar surface area (TPSA) is 0 Å². The third-order valence-corrected chi connectivity index (χ3v) is 3.82. The molecule has 0 N–H and O–H groups in total. The fourth-order valence-electron chi connectivity index (χ4n) is 2.94. The van der Waals surface area contributed by atoms with E-state index in [9.17, 15) is 17.6 Å². The Bertz CT molecular complexity index is 272. The molecule has 0 aromatic rings. The van der Waals surface area contributed by atoms with Crippen LogP contribution in [0.1, 0.15) is 32.1 Å². The quantitative estimate of drug-likeness (QED) is 0.494. The molecule has 3 unspecified atom stereocenters. The first-order valence-electron chi connectivity index (χ1n) is 5.83. The Kier molecular flexibility index (Phi) is 3.27. The second-order valence-electron chi connectivity index (χ2n) is 4.99. The fraction of sp³-hybridized carbons (Fsp3) is 0.833. The van der Waals surface area contributed by atoms with Gasteiger partial charge in [0.15, 0.2) is 0 Å². The SMILES string of the molecule is FC(F)C(F)(F)CCCC1CC2C=CC1C2. The second-order valence-corrected chi connectivity index (χ2v) is 4.99. The molecule has 2 aliphatic carbocycles. The molecule has 0 saturated heterocycles. The highest BCUT2D eigenvalue weighted by Crippen LogP contribution is 2.45. The highest BCUT2D eigenvalue weighted by molar-refractivity contribution is 5.09. The van der Waals surface area contributed by atoms with Gasteiger partial charge in [-0.05, 0) is 43.4 Å². The van der Waals surface area contributed by atoms with Gasteiger partial charge in [0.25, 0.3) is 0 Å². The molecule has 3 atom stereocenters. The second kappa shape index (κ2) is 4.38. The van der Waals surface area contributed by atoms with Gasteiger partial charge in [-0.1, -0.05) is 12.2 Å². The first-order valence-corrected chi connectivity index (χ1v) is 5.83. The van der Waals surface area contributed by atoms with Crippen molar-refractivity contribution in [1.29, 1.82) is 0 Å². The van der Waals surface area contributed by atoms with Crippen LogP contribution in [0.2, 0.25) is 0 Å². The van der Waals surface area contributed by atoms with Crippen molar-refractivity contribution in [3.63, 3.8) is 0 Å². The van der Waals surface area contributed by atoms with Gasteiger partial charge in [-0.2, -0.15) is 0 Å². The largest absolute Gasteiger partial charge is 0.307 e. The maximum Gasteiger partial charge on any atom is 0.307 e. The van der Waals surface area contributed by atoms with Crippen LogP contribution in [0.15, 0.2) is 12.2 Å². The molecule has 1 saturated carbocycles. The minimum absolute atomic E-state index is 0.207. The summed E-state index contributed by atoms with van der Waals surface area (Å²) in [7, 11) is 0. The van der Waals surface area contributed by atoms with Crippen LogP contribution < -0.4 is 0 Å². The van der Waals surface area contributed by atoms with E-state index < -0.39 is 18.8 Å². The minimum atomic E-state index is -3.80. The molecule has 2 bridgehead atoms. The Morgan fingerprint density at radius 2 is 1.94 bits per heavy atom. The van der Waals surface area contributed by atoms with E-state index in [1.807, 2.05) is 0 Å². The van der Waals surface area contributed by atoms with Crippen LogP contribution in [0.3, 0.4) is 0 Å². The molecule has 16 heavy (non-hydrogen) atoms. The van der Waals surface area contributed by atoms with E-state index >= 15 is 0 Å². The zero-order valence-corrected chi connectivity index (χ0v) is 9.01. The third-order valence-electron chi connectivity index (χ3n) is 3.82. The zero-order valence-electron chi connectivity index (χ0n) is 9.01. The van der Waals surface area contributed by atoms with Gasteiger partial charge in [0.1, 0.15) is 0 Å². The summed E-state index contributed by atoms with van der Waals surface area (Å²) in [6, 6.07) is 0. The van der Waals surface area contributed by atoms with Crippen LogP contribution in [0, 0.1) is 17.8 Å². The molecule has 0 amide bonds. The predicted octanol–water partition coefficient (Wildman–Crippen LogP) is 4.27. The lowest BCUT2D eigenvalue weighted by molar-refractivity contribution is -0.134. The number of rotatable bonds is 5. The number of halogens is 4. The number of hydrogen-bond acceptors (Lipinski definition) is 0. The number of hydrogen-bond donors (Lipinski definition) is 0. The standard InChI is InChI=1S/C12H16F4/c13-11(14)12(15,16)5-1-2-9-6-8-3-4-10(9)7-8/h3-4,8-11H,1-2,5-7H2. The molecule has 2 rings (SSSR count). The Hall–Kier alpha value is -0.540. The van der Waals surface area contributed by atoms with Gasteiger partial charge in [0.05, 0.1) is 0 Å². The maximum absolute atomic E-state index is 12.6. The van der Waals surface area contributed by atoms with E-state index in [0.717, 1.165) is 12.8 Å². The lowest BCUT2D eigenvalue weighted by Gasteiger charge is -2.20. The Morgan fingerprint density at radius 1 is 1.19 bits per heavy atom. The van der Waals surface area contributed by atoms with E-state index in [-0.39, 0.29) is 6.42 Å². The van der Waals surface area contributed by atoms with Gasteiger partial charge in [-0.15, -0.1) is 0 Å². The molecule has 0 radical (unpaired) electrons. The summed E-state index contributed by atoms with van der Waals surface area (Å²) in [5, 5.41) is 0. The monoisotopic (exact) mass is 236 g/mol. The van der Waals surface area contributed by atoms with Crippen LogP contribution in [-0.4, -0.2) is 12.3 Å². The van der Waals surface area contributed by atoms with Crippen molar-refractivity contribution in [2.45, 2.75) is 44.5 Å². The van der Waals surface area contributed by atoms with Crippen molar-refractivity contribution >= 4 is 0 Å². The van der Waals surface area contributed by atoms with Crippen LogP contribution in [0.5, 0.6) is 0 Å². The first-order chi connectivity index (χ1) is 7.49. The molecule has 0 heterocycles. The van der Waals surface area contributed by atoms with Gasteiger partial charge >= 0.3 is 12.3 Å². The maximum atomic E-state index is 12.6. The summed E-state index contributed by atoms with van der Waals surface area (Å²) in [6.07, 6.45) is 3.21. The average Bonchev–Trinajstić information content (AvgIpc) is 2.78. The Balaban J connectivity index is 1.71. The lowest BCUT2D eigenvalue weighted by Crippen LogP contribution is -2.26. The van der Waals surface area contributed by atoms with E-state index in [1.54, 1.807) is 0 Å². The molecule has 0 aliphatic heterocycles. The molecule has 4 heteroatoms. The van der Waals surface area contributed by atoms with E-state index in [4.69, 9.17) is 0 Å². The highest BCUT2D eigenvalue weighted by Gasteiger charge is 2.41. The van der Waals surface area contributed by atoms with Gasteiger partial charge < -0.3 is 0 Å². The third kappa shape index (κ3) is 2.41. The zero-order chi connectivity index (χ0) is 11.8. The summed E-state index contributed by atoms with van der Waals surface area (Å²) in [5.74, 6) is -2.22. The Labute approximate surface area is 92.7 Å². The van der Waals surface area contributed by atoms with E-state index in [0.29, 0.717) is 24.2 Å². The summed E-state index contributed by atoms with van der Waals surface area (Å²) in [6.45, 7) is 0.